The zero-order valence-corrected chi connectivity index (χ0v) is 16.8. The first kappa shape index (κ1) is 19.2. The molecule has 28 heavy (non-hydrogen) atoms. The zero-order valence-electron chi connectivity index (χ0n) is 16.0. The third kappa shape index (κ3) is 4.29. The molecule has 0 atom stereocenters. The Morgan fingerprint density at radius 1 is 1.07 bits per heavy atom. The fraction of sp³-hybridized carbons (Fsp3) is 0.524. The molecule has 1 aliphatic heterocycles. The molecule has 0 bridgehead atoms. The summed E-state index contributed by atoms with van der Waals surface area (Å²) in [5.74, 6) is 2.38. The Kier molecular flexibility index (Phi) is 6.10. The van der Waals surface area contributed by atoms with Crippen LogP contribution in [-0.4, -0.2) is 44.2 Å². The molecule has 1 N–H and O–H groups in total. The van der Waals surface area contributed by atoms with Crippen LogP contribution < -0.4 is 0 Å². The van der Waals surface area contributed by atoms with E-state index in [4.69, 9.17) is 0 Å². The van der Waals surface area contributed by atoms with Crippen LogP contribution in [0.2, 0.25) is 0 Å². The summed E-state index contributed by atoms with van der Waals surface area (Å²) in [6, 6.07) is 7.03. The third-order valence-electron chi connectivity index (χ3n) is 5.66. The molecule has 2 aliphatic rings. The Balaban J connectivity index is 1.16. The van der Waals surface area contributed by atoms with E-state index in [2.05, 4.69) is 15.2 Å². The van der Waals surface area contributed by atoms with Gasteiger partial charge in [-0.3, -0.25) is 19.6 Å². The van der Waals surface area contributed by atoms with Crippen molar-refractivity contribution in [1.29, 1.82) is 0 Å². The highest BCUT2D eigenvalue weighted by Crippen LogP contribution is 2.28. The molecule has 0 saturated heterocycles. The molecular weight excluding hydrogens is 372 g/mol. The van der Waals surface area contributed by atoms with Gasteiger partial charge in [-0.1, -0.05) is 49.6 Å². The minimum absolute atomic E-state index is 0.172. The van der Waals surface area contributed by atoms with Crippen LogP contribution >= 0.6 is 11.8 Å². The van der Waals surface area contributed by atoms with Gasteiger partial charge < -0.3 is 0 Å². The number of nitrogens with zero attached hydrogens (tertiary/aromatic N) is 3. The highest BCUT2D eigenvalue weighted by Gasteiger charge is 2.34. The second kappa shape index (κ2) is 8.90. The molecule has 4 rings (SSSR count). The van der Waals surface area contributed by atoms with E-state index in [0.717, 1.165) is 41.9 Å². The summed E-state index contributed by atoms with van der Waals surface area (Å²) in [5, 5.41) is 8.15. The average molecular weight is 399 g/mol. The van der Waals surface area contributed by atoms with Crippen LogP contribution in [-0.2, 0) is 6.42 Å². The van der Waals surface area contributed by atoms with Crippen LogP contribution in [0.25, 0.3) is 0 Å². The van der Waals surface area contributed by atoms with Gasteiger partial charge >= 0.3 is 0 Å². The summed E-state index contributed by atoms with van der Waals surface area (Å²) in [6.07, 6.45) is 9.37. The maximum Gasteiger partial charge on any atom is 0.261 e. The summed E-state index contributed by atoms with van der Waals surface area (Å²) in [6.45, 7) is 0.466. The Hall–Kier alpha value is -2.15. The maximum absolute atomic E-state index is 12.3. The number of aromatic nitrogens is 3. The molecule has 0 spiro atoms. The molecule has 1 saturated carbocycles. The number of hydrogen-bond donors (Lipinski definition) is 1. The van der Waals surface area contributed by atoms with Crippen molar-refractivity contribution in [3.63, 3.8) is 0 Å². The number of fused-ring (bicyclic) bond motifs is 1. The van der Waals surface area contributed by atoms with Crippen molar-refractivity contribution in [2.45, 2.75) is 56.5 Å². The van der Waals surface area contributed by atoms with E-state index >= 15 is 0 Å². The topological polar surface area (TPSA) is 79.0 Å². The molecule has 6 nitrogen and oxygen atoms in total. The smallest absolute Gasteiger partial charge is 0.261 e. The lowest BCUT2D eigenvalue weighted by molar-refractivity contribution is 0.0652. The number of aryl methyl sites for hydroxylation is 1. The first-order valence-corrected chi connectivity index (χ1v) is 11.2. The van der Waals surface area contributed by atoms with Gasteiger partial charge in [0.2, 0.25) is 5.16 Å². The van der Waals surface area contributed by atoms with Crippen LogP contribution in [0.5, 0.6) is 0 Å². The van der Waals surface area contributed by atoms with Crippen molar-refractivity contribution in [3.05, 3.63) is 41.2 Å². The zero-order chi connectivity index (χ0) is 19.3. The molecule has 1 fully saturated rings. The first-order valence-electron chi connectivity index (χ1n) is 10.2. The van der Waals surface area contributed by atoms with Gasteiger partial charge in [0.1, 0.15) is 5.82 Å². The number of thioether (sulfide) groups is 1. The number of benzene rings is 1. The Bertz CT molecular complexity index is 809. The van der Waals surface area contributed by atoms with Crippen molar-refractivity contribution in [2.75, 3.05) is 12.3 Å². The quantitative estimate of drug-likeness (QED) is 0.391. The van der Waals surface area contributed by atoms with Gasteiger partial charge in [0.15, 0.2) is 0 Å². The summed E-state index contributed by atoms with van der Waals surface area (Å²) >= 11 is 1.63. The van der Waals surface area contributed by atoms with E-state index < -0.39 is 0 Å². The maximum atomic E-state index is 12.3. The lowest BCUT2D eigenvalue weighted by atomic mass is 10.0. The molecule has 0 radical (unpaired) electrons. The molecular formula is C21H26N4O2S. The number of hydrogen-bond acceptors (Lipinski definition) is 5. The number of unbranched alkanes of at least 4 members (excludes halogenated alkanes) is 1. The Morgan fingerprint density at radius 3 is 2.50 bits per heavy atom. The van der Waals surface area contributed by atoms with Gasteiger partial charge in [-0.15, -0.1) is 5.10 Å². The minimum atomic E-state index is -0.172. The highest BCUT2D eigenvalue weighted by molar-refractivity contribution is 7.99. The van der Waals surface area contributed by atoms with Crippen molar-refractivity contribution in [1.82, 2.24) is 20.1 Å². The molecule has 1 aromatic carbocycles. The van der Waals surface area contributed by atoms with E-state index in [9.17, 15) is 9.59 Å². The van der Waals surface area contributed by atoms with E-state index in [1.807, 2.05) is 0 Å². The lowest BCUT2D eigenvalue weighted by Crippen LogP contribution is -2.30. The Labute approximate surface area is 169 Å². The predicted molar refractivity (Wildman–Crippen MR) is 108 cm³/mol. The second-order valence-electron chi connectivity index (χ2n) is 7.62. The number of carbonyl (C=O) groups excluding carboxylic acids is 2. The lowest BCUT2D eigenvalue weighted by Gasteiger charge is -2.13. The van der Waals surface area contributed by atoms with E-state index in [0.29, 0.717) is 17.7 Å². The summed E-state index contributed by atoms with van der Waals surface area (Å²) in [4.78, 5) is 30.6. The predicted octanol–water partition coefficient (Wildman–Crippen LogP) is 4.10. The normalized spacial score (nSPS) is 16.9. The van der Waals surface area contributed by atoms with Crippen LogP contribution in [0.3, 0.4) is 0 Å². The monoisotopic (exact) mass is 398 g/mol. The van der Waals surface area contributed by atoms with Gasteiger partial charge in [-0.2, -0.15) is 0 Å². The van der Waals surface area contributed by atoms with Crippen LogP contribution in [0.1, 0.15) is 71.5 Å². The van der Waals surface area contributed by atoms with Crippen molar-refractivity contribution in [2.24, 2.45) is 5.92 Å². The molecule has 1 aliphatic carbocycles. The van der Waals surface area contributed by atoms with Crippen LogP contribution in [0.4, 0.5) is 0 Å². The number of aromatic amines is 1. The van der Waals surface area contributed by atoms with Gasteiger partial charge in [-0.25, -0.2) is 4.98 Å². The number of imide groups is 1. The molecule has 7 heteroatoms. The summed E-state index contributed by atoms with van der Waals surface area (Å²) < 4.78 is 0. The fourth-order valence-corrected chi connectivity index (χ4v) is 4.89. The van der Waals surface area contributed by atoms with Gasteiger partial charge in [0.25, 0.3) is 11.8 Å². The minimum Gasteiger partial charge on any atom is -0.274 e. The highest BCUT2D eigenvalue weighted by atomic mass is 32.2. The molecule has 1 aromatic heterocycles. The van der Waals surface area contributed by atoms with E-state index in [1.54, 1.807) is 36.0 Å². The molecule has 148 valence electrons. The third-order valence-corrected chi connectivity index (χ3v) is 6.59. The summed E-state index contributed by atoms with van der Waals surface area (Å²) in [7, 11) is 0. The molecule has 2 heterocycles. The van der Waals surface area contributed by atoms with Crippen molar-refractivity contribution >= 4 is 23.6 Å². The average Bonchev–Trinajstić information content (AvgIpc) is 3.44. The summed E-state index contributed by atoms with van der Waals surface area (Å²) in [5.41, 5.74) is 1.04. The number of amides is 2. The molecule has 2 aromatic rings. The van der Waals surface area contributed by atoms with Crippen LogP contribution in [0.15, 0.2) is 29.4 Å². The Morgan fingerprint density at radius 2 is 1.79 bits per heavy atom. The van der Waals surface area contributed by atoms with Gasteiger partial charge in [0.05, 0.1) is 11.1 Å². The van der Waals surface area contributed by atoms with Crippen molar-refractivity contribution < 1.29 is 9.59 Å². The van der Waals surface area contributed by atoms with E-state index in [1.165, 1.54) is 37.0 Å². The van der Waals surface area contributed by atoms with Gasteiger partial charge in [0, 0.05) is 18.7 Å². The van der Waals surface area contributed by atoms with Gasteiger partial charge in [-0.05, 0) is 37.3 Å². The largest absolute Gasteiger partial charge is 0.274 e. The first-order chi connectivity index (χ1) is 13.7. The molecule has 0 unspecified atom stereocenters. The number of carbonyl (C=O) groups is 2. The fourth-order valence-electron chi connectivity index (χ4n) is 4.07. The number of rotatable bonds is 9. The number of H-pyrrole nitrogens is 1. The SMILES string of the molecule is O=C1c2ccccc2C(=O)N1CCCCSc1n[nH]c(CCC2CCCC2)n1. The van der Waals surface area contributed by atoms with E-state index in [-0.39, 0.29) is 11.8 Å². The van der Waals surface area contributed by atoms with Crippen LogP contribution in [0, 0.1) is 5.92 Å². The van der Waals surface area contributed by atoms with Crippen molar-refractivity contribution in [3.8, 4) is 0 Å². The standard InChI is InChI=1S/C21H26N4O2S/c26-19-16-9-3-4-10-17(16)20(27)25(19)13-5-6-14-28-21-22-18(23-24-21)12-11-15-7-1-2-8-15/h3-4,9-10,15H,1-2,5-8,11-14H2,(H,22,23,24). The number of nitrogens with one attached hydrogen (secondary N) is 1. The molecule has 2 amide bonds. The second-order valence-corrected chi connectivity index (χ2v) is 8.68.